The molecule has 0 bridgehead atoms. The molecule has 4 rings (SSSR count). The van der Waals surface area contributed by atoms with Crippen LogP contribution in [0.2, 0.25) is 5.02 Å². The summed E-state index contributed by atoms with van der Waals surface area (Å²) >= 11 is 6.04. The van der Waals surface area contributed by atoms with E-state index in [1.807, 2.05) is 24.4 Å². The van der Waals surface area contributed by atoms with Crippen LogP contribution in [-0.2, 0) is 22.4 Å². The fraction of sp³-hybridized carbons (Fsp3) is 0.200. The lowest BCUT2D eigenvalue weighted by atomic mass is 9.98. The van der Waals surface area contributed by atoms with Gasteiger partial charge in [0.05, 0.1) is 5.56 Å². The zero-order chi connectivity index (χ0) is 19.0. The summed E-state index contributed by atoms with van der Waals surface area (Å²) in [6, 6.07) is 9.43. The third kappa shape index (κ3) is 3.53. The minimum Gasteiger partial charge on any atom is -0.448 e. The standard InChI is InChI=1S/C20H16ClFN2O3/c21-13-1-4-17-16(9-13)11(10-24-17)5-6-23-19(25)18-8-12-7-14(22)2-3-15(12)20(26)27-18/h1-4,7,9-10,18,24H,5-6,8H2,(H,23,25). The third-order valence-electron chi connectivity index (χ3n) is 4.66. The topological polar surface area (TPSA) is 71.2 Å². The van der Waals surface area contributed by atoms with E-state index in [1.54, 1.807) is 0 Å². The lowest BCUT2D eigenvalue weighted by molar-refractivity contribution is -0.130. The number of nitrogens with one attached hydrogen (secondary N) is 2. The van der Waals surface area contributed by atoms with Gasteiger partial charge in [0, 0.05) is 35.1 Å². The van der Waals surface area contributed by atoms with Gasteiger partial charge in [-0.05, 0) is 53.9 Å². The van der Waals surface area contributed by atoms with Crippen LogP contribution in [0.25, 0.3) is 10.9 Å². The number of aromatic nitrogens is 1. The number of halogens is 2. The number of carbonyl (C=O) groups excluding carboxylic acids is 2. The Labute approximate surface area is 159 Å². The van der Waals surface area contributed by atoms with Gasteiger partial charge < -0.3 is 15.0 Å². The molecule has 0 saturated carbocycles. The number of cyclic esters (lactones) is 1. The predicted octanol–water partition coefficient (Wildman–Crippen LogP) is 3.40. The summed E-state index contributed by atoms with van der Waals surface area (Å²) in [5.41, 5.74) is 2.79. The second kappa shape index (κ2) is 7.04. The van der Waals surface area contributed by atoms with E-state index < -0.39 is 23.8 Å². The second-order valence-electron chi connectivity index (χ2n) is 6.44. The maximum atomic E-state index is 13.4. The molecular formula is C20H16ClFN2O3. The summed E-state index contributed by atoms with van der Waals surface area (Å²) < 4.78 is 18.6. The summed E-state index contributed by atoms with van der Waals surface area (Å²) in [6.45, 7) is 0.377. The van der Waals surface area contributed by atoms with Crippen LogP contribution in [0.4, 0.5) is 4.39 Å². The molecule has 1 aliphatic heterocycles. The quantitative estimate of drug-likeness (QED) is 0.675. The summed E-state index contributed by atoms with van der Waals surface area (Å²) in [5.74, 6) is -1.44. The largest absolute Gasteiger partial charge is 0.448 e. The third-order valence-corrected chi connectivity index (χ3v) is 4.89. The van der Waals surface area contributed by atoms with Crippen LogP contribution in [0.1, 0.15) is 21.5 Å². The van der Waals surface area contributed by atoms with Crippen molar-refractivity contribution >= 4 is 34.4 Å². The Balaban J connectivity index is 1.39. The molecule has 1 aliphatic rings. The maximum absolute atomic E-state index is 13.4. The normalized spacial score (nSPS) is 16.1. The Morgan fingerprint density at radius 2 is 2.15 bits per heavy atom. The smallest absolute Gasteiger partial charge is 0.339 e. The predicted molar refractivity (Wildman–Crippen MR) is 99.3 cm³/mol. The van der Waals surface area contributed by atoms with Crippen molar-refractivity contribution in [1.29, 1.82) is 0 Å². The van der Waals surface area contributed by atoms with Gasteiger partial charge >= 0.3 is 5.97 Å². The highest BCUT2D eigenvalue weighted by molar-refractivity contribution is 6.31. The first-order valence-electron chi connectivity index (χ1n) is 8.54. The second-order valence-corrected chi connectivity index (χ2v) is 6.88. The van der Waals surface area contributed by atoms with E-state index in [1.165, 1.54) is 18.2 Å². The highest BCUT2D eigenvalue weighted by atomic mass is 35.5. The van der Waals surface area contributed by atoms with Crippen LogP contribution in [-0.4, -0.2) is 29.5 Å². The molecule has 138 valence electrons. The molecule has 1 aromatic heterocycles. The monoisotopic (exact) mass is 386 g/mol. The first kappa shape index (κ1) is 17.5. The SMILES string of the molecule is O=C1OC(C(=O)NCCc2c[nH]c3ccc(Cl)cc23)Cc2cc(F)ccc21. The van der Waals surface area contributed by atoms with Crippen molar-refractivity contribution in [2.75, 3.05) is 6.54 Å². The zero-order valence-corrected chi connectivity index (χ0v) is 15.0. The van der Waals surface area contributed by atoms with Crippen molar-refractivity contribution in [2.24, 2.45) is 0 Å². The molecule has 1 unspecified atom stereocenters. The Kier molecular flexibility index (Phi) is 4.58. The highest BCUT2D eigenvalue weighted by Gasteiger charge is 2.31. The molecule has 27 heavy (non-hydrogen) atoms. The zero-order valence-electron chi connectivity index (χ0n) is 14.2. The van der Waals surface area contributed by atoms with Crippen LogP contribution < -0.4 is 5.32 Å². The van der Waals surface area contributed by atoms with Crippen molar-refractivity contribution in [3.63, 3.8) is 0 Å². The van der Waals surface area contributed by atoms with Crippen molar-refractivity contribution in [3.05, 3.63) is 70.1 Å². The molecule has 0 spiro atoms. The summed E-state index contributed by atoms with van der Waals surface area (Å²) in [7, 11) is 0. The Bertz CT molecular complexity index is 1050. The molecule has 0 radical (unpaired) electrons. The number of esters is 1. The number of hydrogen-bond acceptors (Lipinski definition) is 3. The first-order valence-corrected chi connectivity index (χ1v) is 8.92. The van der Waals surface area contributed by atoms with Crippen molar-refractivity contribution in [2.45, 2.75) is 18.9 Å². The number of fused-ring (bicyclic) bond motifs is 2. The first-order chi connectivity index (χ1) is 13.0. The van der Waals surface area contributed by atoms with Gasteiger partial charge in [0.1, 0.15) is 5.82 Å². The molecule has 1 atom stereocenters. The Morgan fingerprint density at radius 3 is 3.00 bits per heavy atom. The fourth-order valence-corrected chi connectivity index (χ4v) is 3.47. The van der Waals surface area contributed by atoms with E-state index in [4.69, 9.17) is 16.3 Å². The van der Waals surface area contributed by atoms with Gasteiger partial charge in [-0.2, -0.15) is 0 Å². The highest BCUT2D eigenvalue weighted by Crippen LogP contribution is 2.23. The molecule has 0 aliphatic carbocycles. The number of hydrogen-bond donors (Lipinski definition) is 2. The molecule has 1 amide bonds. The molecule has 2 aromatic carbocycles. The van der Waals surface area contributed by atoms with Gasteiger partial charge in [-0.25, -0.2) is 9.18 Å². The van der Waals surface area contributed by atoms with E-state index in [2.05, 4.69) is 10.3 Å². The van der Waals surface area contributed by atoms with Gasteiger partial charge in [-0.3, -0.25) is 4.79 Å². The lowest BCUT2D eigenvalue weighted by Crippen LogP contribution is -2.42. The average Bonchev–Trinajstić information content (AvgIpc) is 3.03. The summed E-state index contributed by atoms with van der Waals surface area (Å²) in [6.07, 6.45) is 1.68. The van der Waals surface area contributed by atoms with E-state index in [9.17, 15) is 14.0 Å². The number of amides is 1. The number of H-pyrrole nitrogens is 1. The van der Waals surface area contributed by atoms with Gasteiger partial charge in [-0.1, -0.05) is 11.6 Å². The molecule has 3 aromatic rings. The molecule has 2 heterocycles. The summed E-state index contributed by atoms with van der Waals surface area (Å²) in [4.78, 5) is 27.5. The van der Waals surface area contributed by atoms with Gasteiger partial charge in [0.25, 0.3) is 5.91 Å². The minimum absolute atomic E-state index is 0.160. The number of aromatic amines is 1. The lowest BCUT2D eigenvalue weighted by Gasteiger charge is -2.23. The minimum atomic E-state index is -0.954. The summed E-state index contributed by atoms with van der Waals surface area (Å²) in [5, 5.41) is 4.43. The number of benzene rings is 2. The molecule has 0 saturated heterocycles. The van der Waals surface area contributed by atoms with E-state index in [0.717, 1.165) is 16.5 Å². The van der Waals surface area contributed by atoms with Crippen LogP contribution in [0.15, 0.2) is 42.6 Å². The Hall–Kier alpha value is -2.86. The van der Waals surface area contributed by atoms with E-state index in [0.29, 0.717) is 29.1 Å². The maximum Gasteiger partial charge on any atom is 0.339 e. The number of carbonyl (C=O) groups is 2. The van der Waals surface area contributed by atoms with Crippen LogP contribution in [0.5, 0.6) is 0 Å². The van der Waals surface area contributed by atoms with Crippen molar-refractivity contribution in [1.82, 2.24) is 10.3 Å². The van der Waals surface area contributed by atoms with Gasteiger partial charge in [-0.15, -0.1) is 0 Å². The van der Waals surface area contributed by atoms with Gasteiger partial charge in [0.2, 0.25) is 0 Å². The van der Waals surface area contributed by atoms with Crippen LogP contribution >= 0.6 is 11.6 Å². The van der Waals surface area contributed by atoms with E-state index in [-0.39, 0.29) is 6.42 Å². The number of rotatable bonds is 4. The molecule has 5 nitrogen and oxygen atoms in total. The van der Waals surface area contributed by atoms with Crippen molar-refractivity contribution < 1.29 is 18.7 Å². The van der Waals surface area contributed by atoms with Crippen molar-refractivity contribution in [3.8, 4) is 0 Å². The van der Waals surface area contributed by atoms with Crippen LogP contribution in [0.3, 0.4) is 0 Å². The van der Waals surface area contributed by atoms with Crippen LogP contribution in [0, 0.1) is 5.82 Å². The fourth-order valence-electron chi connectivity index (χ4n) is 3.30. The number of ether oxygens (including phenoxy) is 1. The molecule has 2 N–H and O–H groups in total. The average molecular weight is 387 g/mol. The molecule has 0 fully saturated rings. The van der Waals surface area contributed by atoms with E-state index >= 15 is 0 Å². The Morgan fingerprint density at radius 1 is 1.30 bits per heavy atom. The van der Waals surface area contributed by atoms with Gasteiger partial charge in [0.15, 0.2) is 6.10 Å². The molecule has 7 heteroatoms. The molecular weight excluding hydrogens is 371 g/mol.